The highest BCUT2D eigenvalue weighted by Crippen LogP contribution is 2.44. The smallest absolute Gasteiger partial charge is 0.229 e. The SMILES string of the molecule is COc1cc2c(cc1Nc1ncc(Cl)c(Nc3ccccc3S(=O)(=O)C(C)C)n1)CCC1N=C(N)NC21C. The molecule has 12 heteroatoms. The second-order valence-electron chi connectivity index (χ2n) is 9.84. The highest BCUT2D eigenvalue weighted by atomic mass is 35.5. The summed E-state index contributed by atoms with van der Waals surface area (Å²) in [5, 5.41) is 9.30. The van der Waals surface area contributed by atoms with Gasteiger partial charge in [-0.2, -0.15) is 4.98 Å². The van der Waals surface area contributed by atoms with Gasteiger partial charge in [-0.05, 0) is 69.0 Å². The van der Waals surface area contributed by atoms with Crippen molar-refractivity contribution in [3.8, 4) is 5.75 Å². The first kappa shape index (κ1) is 26.1. The van der Waals surface area contributed by atoms with Crippen LogP contribution < -0.4 is 26.4 Å². The first-order chi connectivity index (χ1) is 18.0. The first-order valence-electron chi connectivity index (χ1n) is 12.2. The van der Waals surface area contributed by atoms with Gasteiger partial charge in [-0.25, -0.2) is 18.4 Å². The number of methoxy groups -OCH3 is 1. The van der Waals surface area contributed by atoms with Crippen molar-refractivity contribution in [1.82, 2.24) is 15.3 Å². The lowest BCUT2D eigenvalue weighted by Gasteiger charge is -2.37. The molecule has 10 nitrogen and oxygen atoms in total. The molecule has 2 heterocycles. The van der Waals surface area contributed by atoms with E-state index >= 15 is 0 Å². The Morgan fingerprint density at radius 3 is 2.71 bits per heavy atom. The van der Waals surface area contributed by atoms with Crippen molar-refractivity contribution < 1.29 is 13.2 Å². The maximum absolute atomic E-state index is 12.9. The van der Waals surface area contributed by atoms with Gasteiger partial charge in [-0.15, -0.1) is 0 Å². The number of ether oxygens (including phenoxy) is 1. The van der Waals surface area contributed by atoms with E-state index in [4.69, 9.17) is 22.1 Å². The van der Waals surface area contributed by atoms with Crippen molar-refractivity contribution in [3.63, 3.8) is 0 Å². The van der Waals surface area contributed by atoms with Gasteiger partial charge < -0.3 is 26.4 Å². The number of rotatable bonds is 7. The molecule has 0 radical (unpaired) electrons. The minimum absolute atomic E-state index is 0.0640. The lowest BCUT2D eigenvalue weighted by molar-refractivity contribution is 0.335. The van der Waals surface area contributed by atoms with Gasteiger partial charge in [0.15, 0.2) is 21.6 Å². The predicted octanol–water partition coefficient (Wildman–Crippen LogP) is 4.26. The fourth-order valence-corrected chi connectivity index (χ4v) is 6.33. The molecule has 0 saturated carbocycles. The van der Waals surface area contributed by atoms with Crippen LogP contribution in [0.3, 0.4) is 0 Å². The highest BCUT2D eigenvalue weighted by Gasteiger charge is 2.45. The lowest BCUT2D eigenvalue weighted by Crippen LogP contribution is -2.49. The Hall–Kier alpha value is -3.57. The quantitative estimate of drug-likeness (QED) is 0.336. The number of sulfone groups is 1. The molecule has 5 N–H and O–H groups in total. The van der Waals surface area contributed by atoms with Gasteiger partial charge in [0.1, 0.15) is 10.8 Å². The Kier molecular flexibility index (Phi) is 6.60. The zero-order chi connectivity index (χ0) is 27.2. The zero-order valence-electron chi connectivity index (χ0n) is 21.5. The molecule has 2 aliphatic rings. The second kappa shape index (κ2) is 9.63. The van der Waals surface area contributed by atoms with Crippen LogP contribution in [-0.2, 0) is 21.8 Å². The van der Waals surface area contributed by atoms with E-state index in [1.54, 1.807) is 45.2 Å². The third-order valence-electron chi connectivity index (χ3n) is 7.08. The van der Waals surface area contributed by atoms with Crippen LogP contribution in [0.1, 0.15) is 38.3 Å². The number of aryl methyl sites for hydroxylation is 1. The fraction of sp³-hybridized carbons (Fsp3) is 0.346. The standard InChI is InChI=1S/C26H30ClN7O3S/c1-14(2)38(35,36)21-8-6-5-7-18(21)30-23-17(27)13-29-25(33-23)31-19-11-15-9-10-22-26(3,34-24(28)32-22)16(15)12-20(19)37-4/h5-8,11-14,22H,9-10H2,1-4H3,(H3,28,32,34)(H2,29,30,31,33). The number of guanidine groups is 1. The number of nitrogens with two attached hydrogens (primary N) is 1. The third kappa shape index (κ3) is 4.49. The van der Waals surface area contributed by atoms with Gasteiger partial charge >= 0.3 is 0 Å². The fourth-order valence-electron chi connectivity index (χ4n) is 4.99. The van der Waals surface area contributed by atoms with Crippen LogP contribution >= 0.6 is 11.6 Å². The summed E-state index contributed by atoms with van der Waals surface area (Å²) in [5.41, 5.74) is 8.90. The third-order valence-corrected chi connectivity index (χ3v) is 9.57. The molecule has 0 bridgehead atoms. The number of hydrogen-bond donors (Lipinski definition) is 4. The summed E-state index contributed by atoms with van der Waals surface area (Å²) >= 11 is 6.39. The number of hydrogen-bond acceptors (Lipinski definition) is 10. The van der Waals surface area contributed by atoms with Crippen molar-refractivity contribution in [3.05, 3.63) is 58.7 Å². The van der Waals surface area contributed by atoms with Crippen molar-refractivity contribution in [1.29, 1.82) is 0 Å². The Balaban J connectivity index is 1.46. The van der Waals surface area contributed by atoms with Crippen LogP contribution in [0.15, 0.2) is 52.5 Å². The van der Waals surface area contributed by atoms with Gasteiger partial charge in [0.05, 0.1) is 46.4 Å². The van der Waals surface area contributed by atoms with Crippen molar-refractivity contribution in [2.24, 2.45) is 10.7 Å². The van der Waals surface area contributed by atoms with E-state index in [2.05, 4.69) is 37.8 Å². The number of aliphatic imine (C=N–C) groups is 1. The number of anilines is 4. The number of nitrogens with zero attached hydrogens (tertiary/aromatic N) is 3. The number of nitrogens with one attached hydrogen (secondary N) is 3. The van der Waals surface area contributed by atoms with Crippen LogP contribution in [0.2, 0.25) is 5.02 Å². The van der Waals surface area contributed by atoms with Crippen LogP contribution in [0.4, 0.5) is 23.1 Å². The van der Waals surface area contributed by atoms with Crippen molar-refractivity contribution in [2.75, 3.05) is 17.7 Å². The monoisotopic (exact) mass is 555 g/mol. The number of aromatic nitrogens is 2. The Morgan fingerprint density at radius 2 is 1.97 bits per heavy atom. The maximum Gasteiger partial charge on any atom is 0.229 e. The Bertz CT molecular complexity index is 1540. The van der Waals surface area contributed by atoms with E-state index in [1.807, 2.05) is 12.1 Å². The minimum Gasteiger partial charge on any atom is -0.495 e. The van der Waals surface area contributed by atoms with Gasteiger partial charge in [-0.1, -0.05) is 23.7 Å². The van der Waals surface area contributed by atoms with E-state index in [9.17, 15) is 8.42 Å². The summed E-state index contributed by atoms with van der Waals surface area (Å²) in [7, 11) is -1.93. The van der Waals surface area contributed by atoms with Crippen molar-refractivity contribution >= 4 is 50.5 Å². The molecule has 0 spiro atoms. The Labute approximate surface area is 227 Å². The predicted molar refractivity (Wildman–Crippen MR) is 150 cm³/mol. The highest BCUT2D eigenvalue weighted by molar-refractivity contribution is 7.92. The number of benzene rings is 2. The molecule has 3 aromatic rings. The number of halogens is 1. The molecule has 2 unspecified atom stereocenters. The number of para-hydroxylation sites is 1. The van der Waals surface area contributed by atoms with Crippen molar-refractivity contribution in [2.45, 2.75) is 55.3 Å². The summed E-state index contributed by atoms with van der Waals surface area (Å²) in [5.74, 6) is 1.60. The summed E-state index contributed by atoms with van der Waals surface area (Å²) in [6, 6.07) is 10.8. The molecule has 2 aromatic carbocycles. The molecule has 200 valence electrons. The van der Waals surface area contributed by atoms with Gasteiger partial charge in [0.25, 0.3) is 0 Å². The molecule has 38 heavy (non-hydrogen) atoms. The van der Waals surface area contributed by atoms with E-state index in [1.165, 1.54) is 6.20 Å². The molecular formula is C26H30ClN7O3S. The Morgan fingerprint density at radius 1 is 1.21 bits per heavy atom. The van der Waals surface area contributed by atoms with Gasteiger partial charge in [-0.3, -0.25) is 0 Å². The summed E-state index contributed by atoms with van der Waals surface area (Å²) in [4.78, 5) is 13.6. The molecule has 0 fully saturated rings. The largest absolute Gasteiger partial charge is 0.495 e. The molecule has 1 aliphatic heterocycles. The number of fused-ring (bicyclic) bond motifs is 3. The molecule has 5 rings (SSSR count). The van der Waals surface area contributed by atoms with Crippen LogP contribution in [0, 0.1) is 0 Å². The van der Waals surface area contributed by atoms with E-state index in [-0.39, 0.29) is 27.7 Å². The molecule has 2 atom stereocenters. The van der Waals surface area contributed by atoms with Gasteiger partial charge in [0, 0.05) is 0 Å². The minimum atomic E-state index is -3.53. The normalized spacial score (nSPS) is 20.3. The lowest BCUT2D eigenvalue weighted by atomic mass is 9.75. The zero-order valence-corrected chi connectivity index (χ0v) is 23.1. The average molecular weight is 556 g/mol. The summed E-state index contributed by atoms with van der Waals surface area (Å²) in [6.07, 6.45) is 3.16. The van der Waals surface area contributed by atoms with Crippen LogP contribution in [-0.4, -0.2) is 42.7 Å². The van der Waals surface area contributed by atoms with Crippen LogP contribution in [0.5, 0.6) is 5.75 Å². The molecule has 1 aromatic heterocycles. The maximum atomic E-state index is 12.9. The van der Waals surface area contributed by atoms with E-state index in [0.29, 0.717) is 23.1 Å². The average Bonchev–Trinajstić information content (AvgIpc) is 3.19. The van der Waals surface area contributed by atoms with E-state index < -0.39 is 20.6 Å². The topological polar surface area (TPSA) is 144 Å². The second-order valence-corrected chi connectivity index (χ2v) is 12.7. The summed E-state index contributed by atoms with van der Waals surface area (Å²) in [6.45, 7) is 5.38. The summed E-state index contributed by atoms with van der Waals surface area (Å²) < 4.78 is 31.5. The first-order valence-corrected chi connectivity index (χ1v) is 14.2. The molecule has 0 amide bonds. The van der Waals surface area contributed by atoms with Gasteiger partial charge in [0.2, 0.25) is 5.95 Å². The van der Waals surface area contributed by atoms with E-state index in [0.717, 1.165) is 24.0 Å². The van der Waals surface area contributed by atoms with Crippen LogP contribution in [0.25, 0.3) is 0 Å². The molecule has 0 saturated heterocycles. The molecule has 1 aliphatic carbocycles. The molecular weight excluding hydrogens is 526 g/mol.